The maximum Gasteiger partial charge on any atom is 0.304 e. The fraction of sp³-hybridized carbons (Fsp3) is 0.345. The first kappa shape index (κ1) is 28.0. The van der Waals surface area contributed by atoms with E-state index in [-0.39, 0.29) is 12.3 Å². The van der Waals surface area contributed by atoms with Crippen molar-refractivity contribution < 1.29 is 14.6 Å². The molecule has 5 nitrogen and oxygen atoms in total. The maximum absolute atomic E-state index is 11.4. The maximum atomic E-state index is 11.4. The summed E-state index contributed by atoms with van der Waals surface area (Å²) in [6.07, 6.45) is 4.96. The number of thiazole rings is 1. The second-order valence-corrected chi connectivity index (χ2v) is 9.34. The van der Waals surface area contributed by atoms with Crippen molar-refractivity contribution in [1.82, 2.24) is 4.98 Å². The van der Waals surface area contributed by atoms with Crippen molar-refractivity contribution in [1.29, 1.82) is 0 Å². The summed E-state index contributed by atoms with van der Waals surface area (Å²) in [5.74, 6) is -0.428. The molecule has 1 unspecified atom stereocenters. The van der Waals surface area contributed by atoms with Gasteiger partial charge in [-0.2, -0.15) is 0 Å². The summed E-state index contributed by atoms with van der Waals surface area (Å²) in [4.78, 5) is 21.4. The quantitative estimate of drug-likeness (QED) is 0.312. The summed E-state index contributed by atoms with van der Waals surface area (Å²) < 4.78 is 6.00. The Morgan fingerprint density at radius 3 is 2.29 bits per heavy atom. The molecule has 0 spiro atoms. The van der Waals surface area contributed by atoms with Gasteiger partial charge in [0.15, 0.2) is 0 Å². The third kappa shape index (κ3) is 8.48. The predicted molar refractivity (Wildman–Crippen MR) is 147 cm³/mol. The molecule has 0 aliphatic carbocycles. The normalized spacial score (nSPS) is 12.2. The zero-order valence-corrected chi connectivity index (χ0v) is 22.4. The standard InChI is InChI=1S/C26H28N2O3S.C3H8/c1-5-6-23(27-4)22(15-25(29)30)19-11-13-21(14-12-19)31-16-24-18(3)28-26(32-24)20-9-7-17(2)8-10-20;1-3-2/h5-14,22H,15-16H2,1-4H3,(H,29,30);3H2,1-2H3/b6-5-,27-23?;. The highest BCUT2D eigenvalue weighted by atomic mass is 32.1. The van der Waals surface area contributed by atoms with Gasteiger partial charge in [0.1, 0.15) is 17.4 Å². The van der Waals surface area contributed by atoms with Gasteiger partial charge in [0, 0.05) is 24.2 Å². The Balaban J connectivity index is 0.00000137. The van der Waals surface area contributed by atoms with Gasteiger partial charge in [-0.15, -0.1) is 11.3 Å². The molecule has 0 amide bonds. The van der Waals surface area contributed by atoms with Crippen LogP contribution in [-0.2, 0) is 11.4 Å². The summed E-state index contributed by atoms with van der Waals surface area (Å²) in [6, 6.07) is 15.9. The molecular weight excluding hydrogens is 456 g/mol. The van der Waals surface area contributed by atoms with Gasteiger partial charge in [-0.1, -0.05) is 68.3 Å². The lowest BCUT2D eigenvalue weighted by atomic mass is 9.90. The molecule has 1 heterocycles. The van der Waals surface area contributed by atoms with Crippen LogP contribution in [0.3, 0.4) is 0 Å². The van der Waals surface area contributed by atoms with E-state index in [1.54, 1.807) is 18.4 Å². The molecule has 186 valence electrons. The number of hydrogen-bond acceptors (Lipinski definition) is 5. The van der Waals surface area contributed by atoms with E-state index in [4.69, 9.17) is 9.72 Å². The molecule has 3 rings (SSSR count). The van der Waals surface area contributed by atoms with E-state index in [0.29, 0.717) is 6.61 Å². The average Bonchev–Trinajstić information content (AvgIpc) is 3.21. The largest absolute Gasteiger partial charge is 0.488 e. The summed E-state index contributed by atoms with van der Waals surface area (Å²) in [5.41, 5.74) is 4.95. The minimum absolute atomic E-state index is 0.0148. The van der Waals surface area contributed by atoms with Gasteiger partial charge in [-0.05, 0) is 44.5 Å². The van der Waals surface area contributed by atoms with Gasteiger partial charge in [0.05, 0.1) is 17.0 Å². The number of hydrogen-bond donors (Lipinski definition) is 1. The number of aromatic nitrogens is 1. The van der Waals surface area contributed by atoms with E-state index in [9.17, 15) is 9.90 Å². The van der Waals surface area contributed by atoms with Gasteiger partial charge in [-0.25, -0.2) is 4.98 Å². The van der Waals surface area contributed by atoms with E-state index in [2.05, 4.69) is 50.0 Å². The topological polar surface area (TPSA) is 71.8 Å². The fourth-order valence-electron chi connectivity index (χ4n) is 3.41. The van der Waals surface area contributed by atoms with Crippen molar-refractivity contribution in [2.45, 2.75) is 60.0 Å². The van der Waals surface area contributed by atoms with Gasteiger partial charge in [-0.3, -0.25) is 9.79 Å². The van der Waals surface area contributed by atoms with Crippen LogP contribution in [0, 0.1) is 13.8 Å². The predicted octanol–water partition coefficient (Wildman–Crippen LogP) is 7.63. The number of allylic oxidation sites excluding steroid dienone is 2. The van der Waals surface area contributed by atoms with Crippen LogP contribution in [0.2, 0.25) is 0 Å². The lowest BCUT2D eigenvalue weighted by molar-refractivity contribution is -0.137. The smallest absolute Gasteiger partial charge is 0.304 e. The molecule has 0 saturated carbocycles. The number of rotatable bonds is 9. The highest BCUT2D eigenvalue weighted by molar-refractivity contribution is 7.15. The second-order valence-electron chi connectivity index (χ2n) is 8.26. The molecule has 0 saturated heterocycles. The first-order valence-corrected chi connectivity index (χ1v) is 12.7. The minimum Gasteiger partial charge on any atom is -0.488 e. The molecule has 6 heteroatoms. The zero-order chi connectivity index (χ0) is 25.8. The van der Waals surface area contributed by atoms with Crippen molar-refractivity contribution in [2.24, 2.45) is 4.99 Å². The molecule has 0 radical (unpaired) electrons. The third-order valence-electron chi connectivity index (χ3n) is 5.17. The summed E-state index contributed by atoms with van der Waals surface area (Å²) in [6.45, 7) is 10.7. The summed E-state index contributed by atoms with van der Waals surface area (Å²) in [7, 11) is 1.68. The van der Waals surface area contributed by atoms with E-state index >= 15 is 0 Å². The van der Waals surface area contributed by atoms with Gasteiger partial charge < -0.3 is 9.84 Å². The Morgan fingerprint density at radius 2 is 1.74 bits per heavy atom. The molecule has 0 bridgehead atoms. The number of aliphatic carboxylic acids is 1. The first-order chi connectivity index (χ1) is 16.8. The van der Waals surface area contributed by atoms with Crippen LogP contribution in [0.15, 0.2) is 65.7 Å². The number of ether oxygens (including phenoxy) is 1. The Bertz CT molecular complexity index is 1130. The number of carboxylic acid groups (broad SMARTS) is 1. The molecule has 1 atom stereocenters. The number of carboxylic acids is 1. The van der Waals surface area contributed by atoms with Gasteiger partial charge >= 0.3 is 5.97 Å². The Morgan fingerprint density at radius 1 is 1.11 bits per heavy atom. The number of benzene rings is 2. The molecule has 3 aromatic rings. The van der Waals surface area contributed by atoms with E-state index in [1.807, 2.05) is 50.3 Å². The van der Waals surface area contributed by atoms with Crippen molar-refractivity contribution in [2.75, 3.05) is 7.05 Å². The second kappa shape index (κ2) is 14.2. The highest BCUT2D eigenvalue weighted by Gasteiger charge is 2.20. The number of carbonyl (C=O) groups is 1. The van der Waals surface area contributed by atoms with Crippen molar-refractivity contribution >= 4 is 23.0 Å². The Kier molecular flexibility index (Phi) is 11.4. The molecule has 0 aliphatic rings. The Hall–Kier alpha value is -3.25. The lowest BCUT2D eigenvalue weighted by Crippen LogP contribution is -2.15. The SMILES string of the molecule is C/C=C\C(=NC)C(CC(=O)O)c1ccc(OCc2sc(-c3ccc(C)cc3)nc2C)cc1.CCC. The minimum atomic E-state index is -0.856. The summed E-state index contributed by atoms with van der Waals surface area (Å²) in [5, 5.41) is 10.3. The molecular formula is C29H36N2O3S. The molecule has 1 aromatic heterocycles. The number of aryl methyl sites for hydroxylation is 2. The number of nitrogens with zero attached hydrogens (tertiary/aromatic N) is 2. The van der Waals surface area contributed by atoms with E-state index in [1.165, 1.54) is 12.0 Å². The van der Waals surface area contributed by atoms with Crippen molar-refractivity contribution in [3.05, 3.63) is 82.4 Å². The van der Waals surface area contributed by atoms with Crippen LogP contribution in [-0.4, -0.2) is 28.8 Å². The molecule has 2 aromatic carbocycles. The fourth-order valence-corrected chi connectivity index (χ4v) is 4.39. The monoisotopic (exact) mass is 492 g/mol. The third-order valence-corrected chi connectivity index (χ3v) is 6.35. The first-order valence-electron chi connectivity index (χ1n) is 11.9. The summed E-state index contributed by atoms with van der Waals surface area (Å²) >= 11 is 1.64. The molecule has 35 heavy (non-hydrogen) atoms. The lowest BCUT2D eigenvalue weighted by Gasteiger charge is -2.16. The van der Waals surface area contributed by atoms with Crippen LogP contribution in [0.5, 0.6) is 5.75 Å². The van der Waals surface area contributed by atoms with Crippen LogP contribution in [0.1, 0.15) is 61.2 Å². The van der Waals surface area contributed by atoms with Crippen LogP contribution >= 0.6 is 11.3 Å². The molecule has 0 aliphatic heterocycles. The highest BCUT2D eigenvalue weighted by Crippen LogP contribution is 2.30. The Labute approximate surface area is 213 Å². The van der Waals surface area contributed by atoms with E-state index < -0.39 is 5.97 Å². The molecule has 0 fully saturated rings. The van der Waals surface area contributed by atoms with Gasteiger partial charge in [0.2, 0.25) is 0 Å². The van der Waals surface area contributed by atoms with E-state index in [0.717, 1.165) is 38.2 Å². The van der Waals surface area contributed by atoms with Crippen LogP contribution in [0.4, 0.5) is 0 Å². The average molecular weight is 493 g/mol. The van der Waals surface area contributed by atoms with Crippen LogP contribution < -0.4 is 4.74 Å². The van der Waals surface area contributed by atoms with Crippen molar-refractivity contribution in [3.63, 3.8) is 0 Å². The number of aliphatic imine (C=N–C) groups is 1. The van der Waals surface area contributed by atoms with Gasteiger partial charge in [0.25, 0.3) is 0 Å². The molecule has 1 N–H and O–H groups in total. The van der Waals surface area contributed by atoms with Crippen molar-refractivity contribution in [3.8, 4) is 16.3 Å². The van der Waals surface area contributed by atoms with Crippen LogP contribution in [0.25, 0.3) is 10.6 Å². The zero-order valence-electron chi connectivity index (χ0n) is 21.5.